The summed E-state index contributed by atoms with van der Waals surface area (Å²) in [6.07, 6.45) is 0. The minimum atomic E-state index is 0.184. The van der Waals surface area contributed by atoms with Gasteiger partial charge in [-0.25, -0.2) is 9.97 Å². The van der Waals surface area contributed by atoms with Crippen molar-refractivity contribution in [1.29, 1.82) is 0 Å². The molecule has 14 rings (SSSR count). The normalized spacial score (nSPS) is 12.1. The van der Waals surface area contributed by atoms with Gasteiger partial charge in [0.2, 0.25) is 0 Å². The molecule has 4 heterocycles. The topological polar surface area (TPSA) is 70.9 Å². The first kappa shape index (κ1) is 51.5. The number of imidazole rings is 2. The van der Waals surface area contributed by atoms with Crippen molar-refractivity contribution < 1.29 is 9.15 Å². The van der Waals surface area contributed by atoms with Crippen molar-refractivity contribution in [3.05, 3.63) is 234 Å². The summed E-state index contributed by atoms with van der Waals surface area (Å²) in [5, 5.41) is 5.23. The molecular formula is C76H65N5O2. The second-order valence-corrected chi connectivity index (χ2v) is 23.6. The molecule has 0 unspecified atom stereocenters. The Kier molecular flexibility index (Phi) is 12.7. The van der Waals surface area contributed by atoms with E-state index in [1.54, 1.807) is 0 Å². The van der Waals surface area contributed by atoms with Crippen LogP contribution in [0.2, 0.25) is 0 Å². The van der Waals surface area contributed by atoms with Gasteiger partial charge in [-0.1, -0.05) is 165 Å². The van der Waals surface area contributed by atoms with Crippen LogP contribution in [0.5, 0.6) is 11.5 Å². The molecule has 0 saturated carbocycles. The fraction of sp³-hybridized carbons (Fsp3) is 0.171. The molecule has 0 aliphatic heterocycles. The quantitative estimate of drug-likeness (QED) is 0.114. The van der Waals surface area contributed by atoms with E-state index in [-0.39, 0.29) is 23.7 Å². The number of benzene rings is 10. The molecule has 0 saturated heterocycles. The SMILES string of the molecule is Cc1ccc2c(ccc3c2ccc2oc4c(-c5nc6ccccc6n5-c5c(C(C)C)cc(-c6ccccc6)cc5C(C)C)cc(Oc5cccc(-c6nc7ccccc7n6-c6c(C(C)C)cc(-c7ccccc7)cc6C(C)C)c5)cc4c23)n1. The summed E-state index contributed by atoms with van der Waals surface area (Å²) in [6.45, 7) is 20.4. The van der Waals surface area contributed by atoms with Gasteiger partial charge in [0.05, 0.1) is 44.5 Å². The van der Waals surface area contributed by atoms with Crippen molar-refractivity contribution in [2.75, 3.05) is 0 Å². The Balaban J connectivity index is 1.000. The maximum atomic E-state index is 7.32. The first-order valence-corrected chi connectivity index (χ1v) is 29.3. The van der Waals surface area contributed by atoms with Gasteiger partial charge in [0.1, 0.15) is 34.3 Å². The maximum Gasteiger partial charge on any atom is 0.149 e. The molecule has 10 aromatic carbocycles. The van der Waals surface area contributed by atoms with Gasteiger partial charge in [0, 0.05) is 27.4 Å². The highest BCUT2D eigenvalue weighted by molar-refractivity contribution is 6.25. The lowest BCUT2D eigenvalue weighted by Crippen LogP contribution is -2.09. The van der Waals surface area contributed by atoms with E-state index >= 15 is 0 Å². The Morgan fingerprint density at radius 3 is 1.46 bits per heavy atom. The Labute approximate surface area is 484 Å². The molecule has 406 valence electrons. The predicted octanol–water partition coefficient (Wildman–Crippen LogP) is 21.2. The number of aryl methyl sites for hydroxylation is 1. The number of fused-ring (bicyclic) bond motifs is 9. The number of rotatable bonds is 12. The third-order valence-corrected chi connectivity index (χ3v) is 16.7. The Bertz CT molecular complexity index is 4790. The number of pyridine rings is 1. The zero-order valence-corrected chi connectivity index (χ0v) is 48.5. The summed E-state index contributed by atoms with van der Waals surface area (Å²) in [4.78, 5) is 16.0. The number of hydrogen-bond acceptors (Lipinski definition) is 5. The van der Waals surface area contributed by atoms with E-state index in [1.165, 1.54) is 50.2 Å². The minimum Gasteiger partial charge on any atom is -0.457 e. The van der Waals surface area contributed by atoms with Crippen molar-refractivity contribution in [2.24, 2.45) is 0 Å². The smallest absolute Gasteiger partial charge is 0.149 e. The molecule has 83 heavy (non-hydrogen) atoms. The molecule has 14 aromatic rings. The summed E-state index contributed by atoms with van der Waals surface area (Å²) in [6, 6.07) is 73.6. The van der Waals surface area contributed by atoms with E-state index in [4.69, 9.17) is 24.1 Å². The second-order valence-electron chi connectivity index (χ2n) is 23.6. The summed E-state index contributed by atoms with van der Waals surface area (Å²) in [7, 11) is 0. The maximum absolute atomic E-state index is 7.32. The van der Waals surface area contributed by atoms with Crippen LogP contribution in [-0.2, 0) is 0 Å². The molecule has 7 nitrogen and oxygen atoms in total. The molecule has 0 aliphatic rings. The summed E-state index contributed by atoms with van der Waals surface area (Å²) >= 11 is 0. The number of hydrogen-bond donors (Lipinski definition) is 0. The molecule has 0 aliphatic carbocycles. The average molecular weight is 1080 g/mol. The van der Waals surface area contributed by atoms with Crippen molar-refractivity contribution >= 4 is 65.7 Å². The van der Waals surface area contributed by atoms with Crippen LogP contribution in [-0.4, -0.2) is 24.1 Å². The molecule has 7 heteroatoms. The van der Waals surface area contributed by atoms with Crippen LogP contribution in [0.15, 0.2) is 211 Å². The monoisotopic (exact) mass is 1080 g/mol. The molecule has 0 fully saturated rings. The molecular weight excluding hydrogens is 1010 g/mol. The van der Waals surface area contributed by atoms with Gasteiger partial charge in [-0.3, -0.25) is 14.1 Å². The minimum absolute atomic E-state index is 0.184. The lowest BCUT2D eigenvalue weighted by molar-refractivity contribution is 0.483. The van der Waals surface area contributed by atoms with Gasteiger partial charge in [-0.2, -0.15) is 0 Å². The highest BCUT2D eigenvalue weighted by atomic mass is 16.5. The van der Waals surface area contributed by atoms with Crippen molar-refractivity contribution in [2.45, 2.75) is 86.0 Å². The highest BCUT2D eigenvalue weighted by Crippen LogP contribution is 2.47. The summed E-state index contributed by atoms with van der Waals surface area (Å²) in [5.74, 6) is 3.78. The van der Waals surface area contributed by atoms with Crippen LogP contribution in [0.25, 0.3) is 122 Å². The Morgan fingerprint density at radius 2 is 0.880 bits per heavy atom. The van der Waals surface area contributed by atoms with Crippen LogP contribution in [0, 0.1) is 6.92 Å². The largest absolute Gasteiger partial charge is 0.457 e. The number of nitrogens with zero attached hydrogens (tertiary/aromatic N) is 5. The van der Waals surface area contributed by atoms with Gasteiger partial charge >= 0.3 is 0 Å². The summed E-state index contributed by atoms with van der Waals surface area (Å²) in [5.41, 5.74) is 21.3. The van der Waals surface area contributed by atoms with Crippen molar-refractivity contribution in [3.8, 4) is 67.9 Å². The van der Waals surface area contributed by atoms with Gasteiger partial charge in [0.25, 0.3) is 0 Å². The lowest BCUT2D eigenvalue weighted by atomic mass is 9.88. The predicted molar refractivity (Wildman–Crippen MR) is 345 cm³/mol. The second kappa shape index (κ2) is 20.4. The van der Waals surface area contributed by atoms with Gasteiger partial charge in [-0.15, -0.1) is 0 Å². The van der Waals surface area contributed by atoms with Crippen molar-refractivity contribution in [3.63, 3.8) is 0 Å². The zero-order valence-electron chi connectivity index (χ0n) is 48.5. The van der Waals surface area contributed by atoms with Gasteiger partial charge < -0.3 is 9.15 Å². The molecule has 4 aromatic heterocycles. The fourth-order valence-corrected chi connectivity index (χ4v) is 12.6. The number of para-hydroxylation sites is 4. The first-order valence-electron chi connectivity index (χ1n) is 29.3. The standard InChI is InChI=1S/C76H65N5O2/c1-44(2)59-38-52(49-21-12-10-13-22-49)39-60(45(3)4)72(59)80-68-29-18-16-27-66(68)78-75(80)51-25-20-26-54(37-51)82-55-42-63-71-58-33-35-65-57(32-31-48(9)77-65)56(58)34-36-70(71)83-74(63)64(43-55)76-79-67-28-17-19-30-69(67)81(76)73-61(46(5)6)40-53(41-62(73)47(7)8)50-23-14-11-15-24-50/h10-47H,1-9H3. The third-order valence-electron chi connectivity index (χ3n) is 16.7. The van der Waals surface area contributed by atoms with Crippen LogP contribution >= 0.6 is 0 Å². The van der Waals surface area contributed by atoms with E-state index in [9.17, 15) is 0 Å². The van der Waals surface area contributed by atoms with Gasteiger partial charge in [0.15, 0.2) is 0 Å². The van der Waals surface area contributed by atoms with Crippen LogP contribution < -0.4 is 4.74 Å². The van der Waals surface area contributed by atoms with E-state index in [0.717, 1.165) is 99.8 Å². The molecule has 0 bridgehead atoms. The number of ether oxygens (including phenoxy) is 1. The molecule has 0 spiro atoms. The third kappa shape index (κ3) is 8.85. The van der Waals surface area contributed by atoms with E-state index < -0.39 is 0 Å². The fourth-order valence-electron chi connectivity index (χ4n) is 12.6. The first-order chi connectivity index (χ1) is 40.4. The van der Waals surface area contributed by atoms with E-state index in [1.807, 2.05) is 13.0 Å². The average Bonchev–Trinajstić information content (AvgIpc) is 3.86. The molecule has 0 atom stereocenters. The molecule has 0 amide bonds. The number of aromatic nitrogens is 5. The lowest BCUT2D eigenvalue weighted by Gasteiger charge is -2.24. The highest BCUT2D eigenvalue weighted by Gasteiger charge is 2.29. The van der Waals surface area contributed by atoms with Crippen molar-refractivity contribution in [1.82, 2.24) is 24.1 Å². The Morgan fingerprint density at radius 1 is 0.373 bits per heavy atom. The van der Waals surface area contributed by atoms with Crippen LogP contribution in [0.1, 0.15) is 107 Å². The zero-order chi connectivity index (χ0) is 56.8. The van der Waals surface area contributed by atoms with E-state index in [0.29, 0.717) is 11.5 Å². The van der Waals surface area contributed by atoms with Crippen LogP contribution in [0.3, 0.4) is 0 Å². The van der Waals surface area contributed by atoms with Gasteiger partial charge in [-0.05, 0) is 183 Å². The Hall–Kier alpha value is -9.59. The van der Waals surface area contributed by atoms with E-state index in [2.05, 4.69) is 265 Å². The number of furan rings is 1. The summed E-state index contributed by atoms with van der Waals surface area (Å²) < 4.78 is 19.3. The van der Waals surface area contributed by atoms with Crippen LogP contribution in [0.4, 0.5) is 0 Å². The molecule has 0 radical (unpaired) electrons. The molecule has 0 N–H and O–H groups in total.